The SMILES string of the molecule is O[C@@H]1CC(Cn2ccnc2)C[C@H]1Nc1nccc2c(Br)cncc12. The number of aliphatic hydroxyl groups excluding tert-OH is 1. The first-order valence-corrected chi connectivity index (χ1v) is 8.78. The third kappa shape index (κ3) is 3.01. The molecule has 6 nitrogen and oxygen atoms in total. The van der Waals surface area contributed by atoms with Gasteiger partial charge in [-0.25, -0.2) is 9.97 Å². The first-order valence-electron chi connectivity index (χ1n) is 7.99. The first kappa shape index (κ1) is 15.5. The van der Waals surface area contributed by atoms with Crippen molar-refractivity contribution in [2.24, 2.45) is 5.92 Å². The number of aliphatic hydroxyl groups is 1. The normalized spacial score (nSPS) is 23.7. The van der Waals surface area contributed by atoms with Gasteiger partial charge >= 0.3 is 0 Å². The fraction of sp³-hybridized carbons (Fsp3) is 0.353. The van der Waals surface area contributed by atoms with Crippen molar-refractivity contribution < 1.29 is 5.11 Å². The molecule has 1 aliphatic carbocycles. The average Bonchev–Trinajstić information content (AvgIpc) is 3.19. The summed E-state index contributed by atoms with van der Waals surface area (Å²) in [7, 11) is 0. The van der Waals surface area contributed by atoms with Crippen molar-refractivity contribution >= 4 is 32.5 Å². The van der Waals surface area contributed by atoms with E-state index >= 15 is 0 Å². The Kier molecular flexibility index (Phi) is 4.20. The Hall–Kier alpha value is -1.99. The van der Waals surface area contributed by atoms with E-state index < -0.39 is 0 Å². The fourth-order valence-corrected chi connectivity index (χ4v) is 3.93. The molecular formula is C17H18BrN5O. The minimum atomic E-state index is -0.379. The number of nitrogens with zero attached hydrogens (tertiary/aromatic N) is 4. The zero-order chi connectivity index (χ0) is 16.5. The van der Waals surface area contributed by atoms with Crippen LogP contribution in [0, 0.1) is 5.92 Å². The molecule has 0 saturated heterocycles. The van der Waals surface area contributed by atoms with Crippen LogP contribution in [0.3, 0.4) is 0 Å². The second kappa shape index (κ2) is 6.49. The van der Waals surface area contributed by atoms with Crippen LogP contribution in [-0.4, -0.2) is 36.8 Å². The quantitative estimate of drug-likeness (QED) is 0.719. The smallest absolute Gasteiger partial charge is 0.135 e. The van der Waals surface area contributed by atoms with E-state index in [0.717, 1.165) is 40.4 Å². The molecule has 4 rings (SSSR count). The van der Waals surface area contributed by atoms with Gasteiger partial charge in [0.15, 0.2) is 0 Å². The number of pyridine rings is 2. The molecule has 3 heterocycles. The molecule has 0 aromatic carbocycles. The van der Waals surface area contributed by atoms with E-state index in [1.54, 1.807) is 24.8 Å². The molecule has 0 amide bonds. The Bertz CT molecular complexity index is 838. The van der Waals surface area contributed by atoms with Crippen molar-refractivity contribution in [3.05, 3.63) is 47.9 Å². The molecule has 7 heteroatoms. The fourth-order valence-electron chi connectivity index (χ4n) is 3.46. The summed E-state index contributed by atoms with van der Waals surface area (Å²) < 4.78 is 3.01. The van der Waals surface area contributed by atoms with Gasteiger partial charge in [-0.15, -0.1) is 0 Å². The maximum atomic E-state index is 10.4. The summed E-state index contributed by atoms with van der Waals surface area (Å²) in [5.74, 6) is 1.19. The number of imidazole rings is 1. The van der Waals surface area contributed by atoms with E-state index in [1.807, 2.05) is 18.6 Å². The van der Waals surface area contributed by atoms with Gasteiger partial charge in [0.2, 0.25) is 0 Å². The molecule has 24 heavy (non-hydrogen) atoms. The second-order valence-electron chi connectivity index (χ2n) is 6.29. The van der Waals surface area contributed by atoms with Crippen LogP contribution >= 0.6 is 15.9 Å². The molecule has 0 spiro atoms. The zero-order valence-corrected chi connectivity index (χ0v) is 14.6. The van der Waals surface area contributed by atoms with Gasteiger partial charge in [0.1, 0.15) is 5.82 Å². The summed E-state index contributed by atoms with van der Waals surface area (Å²) >= 11 is 3.52. The number of nitrogens with one attached hydrogen (secondary N) is 1. The van der Waals surface area contributed by atoms with Crippen LogP contribution < -0.4 is 5.32 Å². The largest absolute Gasteiger partial charge is 0.391 e. The van der Waals surface area contributed by atoms with Crippen molar-refractivity contribution in [1.29, 1.82) is 0 Å². The summed E-state index contributed by atoms with van der Waals surface area (Å²) in [6, 6.07) is 1.95. The van der Waals surface area contributed by atoms with E-state index in [9.17, 15) is 5.11 Å². The summed E-state index contributed by atoms with van der Waals surface area (Å²) in [5, 5.41) is 15.9. The molecule has 2 N–H and O–H groups in total. The highest BCUT2D eigenvalue weighted by Gasteiger charge is 2.33. The van der Waals surface area contributed by atoms with E-state index in [-0.39, 0.29) is 12.1 Å². The van der Waals surface area contributed by atoms with Crippen LogP contribution in [0.15, 0.2) is 47.9 Å². The monoisotopic (exact) mass is 387 g/mol. The second-order valence-corrected chi connectivity index (χ2v) is 7.15. The van der Waals surface area contributed by atoms with Crippen LogP contribution in [-0.2, 0) is 6.54 Å². The molecule has 124 valence electrons. The summed E-state index contributed by atoms with van der Waals surface area (Å²) in [5.41, 5.74) is 0. The van der Waals surface area contributed by atoms with Gasteiger partial charge in [0, 0.05) is 52.8 Å². The topological polar surface area (TPSA) is 75.9 Å². The lowest BCUT2D eigenvalue weighted by Gasteiger charge is -2.18. The molecule has 3 aromatic heterocycles. The van der Waals surface area contributed by atoms with Crippen molar-refractivity contribution in [1.82, 2.24) is 19.5 Å². The molecule has 3 aromatic rings. The molecule has 3 atom stereocenters. The highest BCUT2D eigenvalue weighted by Crippen LogP contribution is 2.32. The zero-order valence-electron chi connectivity index (χ0n) is 13.0. The number of fused-ring (bicyclic) bond motifs is 1. The minimum absolute atomic E-state index is 0.00407. The average molecular weight is 388 g/mol. The van der Waals surface area contributed by atoms with Gasteiger partial charge < -0.3 is 15.0 Å². The van der Waals surface area contributed by atoms with Crippen LogP contribution in [0.4, 0.5) is 5.82 Å². The van der Waals surface area contributed by atoms with Crippen molar-refractivity contribution in [2.75, 3.05) is 5.32 Å². The number of rotatable bonds is 4. The minimum Gasteiger partial charge on any atom is -0.391 e. The van der Waals surface area contributed by atoms with Crippen LogP contribution in [0.5, 0.6) is 0 Å². The summed E-state index contributed by atoms with van der Waals surface area (Å²) in [6.07, 6.45) is 12.2. The number of anilines is 1. The molecule has 0 aliphatic heterocycles. The number of aromatic nitrogens is 4. The van der Waals surface area contributed by atoms with Gasteiger partial charge in [0.05, 0.1) is 18.5 Å². The molecule has 1 fully saturated rings. The summed E-state index contributed by atoms with van der Waals surface area (Å²) in [6.45, 7) is 0.880. The van der Waals surface area contributed by atoms with Gasteiger partial charge in [-0.3, -0.25) is 4.98 Å². The van der Waals surface area contributed by atoms with Gasteiger partial charge in [0.25, 0.3) is 0 Å². The lowest BCUT2D eigenvalue weighted by molar-refractivity contribution is 0.166. The van der Waals surface area contributed by atoms with E-state index in [4.69, 9.17) is 0 Å². The maximum Gasteiger partial charge on any atom is 0.135 e. The number of halogens is 1. The molecule has 0 radical (unpaired) electrons. The van der Waals surface area contributed by atoms with E-state index in [1.165, 1.54) is 0 Å². The molecule has 0 bridgehead atoms. The third-order valence-corrected chi connectivity index (χ3v) is 5.25. The van der Waals surface area contributed by atoms with Crippen LogP contribution in [0.1, 0.15) is 12.8 Å². The molecular weight excluding hydrogens is 370 g/mol. The van der Waals surface area contributed by atoms with Gasteiger partial charge in [-0.1, -0.05) is 0 Å². The van der Waals surface area contributed by atoms with Crippen molar-refractivity contribution in [3.63, 3.8) is 0 Å². The Balaban J connectivity index is 1.52. The molecule has 1 aliphatic rings. The maximum absolute atomic E-state index is 10.4. The Morgan fingerprint density at radius 3 is 2.96 bits per heavy atom. The predicted molar refractivity (Wildman–Crippen MR) is 95.6 cm³/mol. The van der Waals surface area contributed by atoms with Crippen LogP contribution in [0.25, 0.3) is 10.8 Å². The first-order chi connectivity index (χ1) is 11.7. The predicted octanol–water partition coefficient (Wildman–Crippen LogP) is 2.84. The number of hydrogen-bond acceptors (Lipinski definition) is 5. The lowest BCUT2D eigenvalue weighted by atomic mass is 10.1. The highest BCUT2D eigenvalue weighted by atomic mass is 79.9. The van der Waals surface area contributed by atoms with E-state index in [0.29, 0.717) is 5.92 Å². The van der Waals surface area contributed by atoms with E-state index in [2.05, 4.69) is 40.8 Å². The van der Waals surface area contributed by atoms with Gasteiger partial charge in [-0.2, -0.15) is 0 Å². The third-order valence-electron chi connectivity index (χ3n) is 4.62. The standard InChI is InChI=1S/C17H18BrN5O/c18-14-8-20-7-13-12(14)1-2-21-17(13)22-15-5-11(6-16(15)24)9-23-4-3-19-10-23/h1-4,7-8,10-11,15-16,24H,5-6,9H2,(H,21,22)/t11?,15-,16-/m1/s1. The van der Waals surface area contributed by atoms with Crippen molar-refractivity contribution in [3.8, 4) is 0 Å². The molecule has 1 saturated carbocycles. The highest BCUT2D eigenvalue weighted by molar-refractivity contribution is 9.10. The molecule has 1 unspecified atom stereocenters. The summed E-state index contributed by atoms with van der Waals surface area (Å²) in [4.78, 5) is 12.8. The Morgan fingerprint density at radius 1 is 1.21 bits per heavy atom. The Labute approximate surface area is 148 Å². The Morgan fingerprint density at radius 2 is 2.12 bits per heavy atom. The van der Waals surface area contributed by atoms with Crippen molar-refractivity contribution in [2.45, 2.75) is 31.5 Å². The van der Waals surface area contributed by atoms with Gasteiger partial charge in [-0.05, 0) is 40.8 Å². The number of hydrogen-bond donors (Lipinski definition) is 2. The van der Waals surface area contributed by atoms with Crippen LogP contribution in [0.2, 0.25) is 0 Å². The lowest BCUT2D eigenvalue weighted by Crippen LogP contribution is -2.28.